The quantitative estimate of drug-likeness (QED) is 0.585. The largest absolute Gasteiger partial charge is 0.416 e. The fraction of sp³-hybridized carbons (Fsp3) is 0.200. The highest BCUT2D eigenvalue weighted by Crippen LogP contribution is 2.31. The van der Waals surface area contributed by atoms with Crippen molar-refractivity contribution in [3.05, 3.63) is 65.2 Å². The third kappa shape index (κ3) is 5.49. The van der Waals surface area contributed by atoms with E-state index in [1.807, 2.05) is 0 Å². The summed E-state index contributed by atoms with van der Waals surface area (Å²) in [5.74, 6) is -0.354. The van der Waals surface area contributed by atoms with Crippen LogP contribution < -0.4 is 5.32 Å². The summed E-state index contributed by atoms with van der Waals surface area (Å²) >= 11 is 1.23. The van der Waals surface area contributed by atoms with Crippen molar-refractivity contribution >= 4 is 33.0 Å². The lowest BCUT2D eigenvalue weighted by molar-refractivity contribution is -0.137. The zero-order valence-corrected chi connectivity index (χ0v) is 18.1. The van der Waals surface area contributed by atoms with Gasteiger partial charge in [-0.2, -0.15) is 13.2 Å². The lowest BCUT2D eigenvalue weighted by atomic mass is 10.1. The number of hydrogen-bond donors (Lipinski definition) is 1. The highest BCUT2D eigenvalue weighted by atomic mass is 32.2. The van der Waals surface area contributed by atoms with E-state index in [1.165, 1.54) is 61.8 Å². The Hall–Kier alpha value is -2.76. The molecular weight excluding hydrogens is 451 g/mol. The van der Waals surface area contributed by atoms with Gasteiger partial charge in [-0.05, 0) is 36.4 Å². The van der Waals surface area contributed by atoms with Crippen molar-refractivity contribution in [2.75, 3.05) is 19.4 Å². The number of hydrogen-bond acceptors (Lipinski definition) is 5. The molecule has 0 bridgehead atoms. The monoisotopic (exact) mass is 469 g/mol. The topological polar surface area (TPSA) is 79.4 Å². The van der Waals surface area contributed by atoms with E-state index in [9.17, 15) is 26.4 Å². The minimum absolute atomic E-state index is 0.0329. The van der Waals surface area contributed by atoms with Gasteiger partial charge in [-0.1, -0.05) is 12.1 Å². The molecule has 1 heterocycles. The third-order valence-electron chi connectivity index (χ3n) is 4.27. The molecule has 1 N–H and O–H groups in total. The van der Waals surface area contributed by atoms with Gasteiger partial charge in [-0.3, -0.25) is 4.79 Å². The Kier molecular flexibility index (Phi) is 6.48. The number of sulfonamides is 1. The molecule has 1 aromatic heterocycles. The van der Waals surface area contributed by atoms with Gasteiger partial charge in [-0.15, -0.1) is 11.3 Å². The van der Waals surface area contributed by atoms with E-state index in [-0.39, 0.29) is 17.2 Å². The third-order valence-corrected chi connectivity index (χ3v) is 7.04. The Balaban J connectivity index is 1.64. The van der Waals surface area contributed by atoms with E-state index in [1.54, 1.807) is 5.38 Å². The summed E-state index contributed by atoms with van der Waals surface area (Å²) in [4.78, 5) is 16.7. The molecule has 0 saturated heterocycles. The van der Waals surface area contributed by atoms with Crippen LogP contribution in [-0.2, 0) is 27.4 Å². The number of rotatable bonds is 6. The summed E-state index contributed by atoms with van der Waals surface area (Å²) in [6, 6.07) is 10.4. The molecule has 6 nitrogen and oxygen atoms in total. The molecule has 0 saturated carbocycles. The van der Waals surface area contributed by atoms with Gasteiger partial charge in [0.05, 0.1) is 22.6 Å². The number of benzene rings is 2. The van der Waals surface area contributed by atoms with Crippen molar-refractivity contribution in [3.63, 3.8) is 0 Å². The second-order valence-electron chi connectivity index (χ2n) is 6.76. The number of carbonyl (C=O) groups is 1. The average Bonchev–Trinajstić information content (AvgIpc) is 3.16. The number of carbonyl (C=O) groups excluding carboxylic acids is 1. The maximum Gasteiger partial charge on any atom is 0.416 e. The van der Waals surface area contributed by atoms with E-state index < -0.39 is 21.8 Å². The minimum Gasteiger partial charge on any atom is -0.326 e. The summed E-state index contributed by atoms with van der Waals surface area (Å²) < 4.78 is 63.3. The lowest BCUT2D eigenvalue weighted by Crippen LogP contribution is -2.22. The van der Waals surface area contributed by atoms with Crippen LogP contribution in [-0.4, -0.2) is 37.7 Å². The van der Waals surface area contributed by atoms with Crippen molar-refractivity contribution in [1.82, 2.24) is 9.29 Å². The highest BCUT2D eigenvalue weighted by molar-refractivity contribution is 7.89. The Morgan fingerprint density at radius 2 is 1.68 bits per heavy atom. The van der Waals surface area contributed by atoms with Gasteiger partial charge < -0.3 is 5.32 Å². The average molecular weight is 470 g/mol. The van der Waals surface area contributed by atoms with Gasteiger partial charge in [0.2, 0.25) is 15.9 Å². The van der Waals surface area contributed by atoms with Gasteiger partial charge in [0.15, 0.2) is 0 Å². The van der Waals surface area contributed by atoms with Crippen LogP contribution in [0.15, 0.2) is 58.8 Å². The number of nitrogens with zero attached hydrogens (tertiary/aromatic N) is 2. The molecule has 0 aliphatic carbocycles. The Bertz CT molecular complexity index is 1170. The van der Waals surface area contributed by atoms with Crippen LogP contribution >= 0.6 is 11.3 Å². The van der Waals surface area contributed by atoms with E-state index in [2.05, 4.69) is 10.3 Å². The predicted molar refractivity (Wildman–Crippen MR) is 112 cm³/mol. The van der Waals surface area contributed by atoms with E-state index in [0.29, 0.717) is 22.0 Å². The fourth-order valence-corrected chi connectivity index (χ4v) is 4.34. The Labute approximate surface area is 181 Å². The van der Waals surface area contributed by atoms with Crippen LogP contribution in [0.4, 0.5) is 18.9 Å². The van der Waals surface area contributed by atoms with Gasteiger partial charge >= 0.3 is 6.18 Å². The van der Waals surface area contributed by atoms with Crippen LogP contribution in [0.3, 0.4) is 0 Å². The van der Waals surface area contributed by atoms with Crippen LogP contribution in [0.5, 0.6) is 0 Å². The van der Waals surface area contributed by atoms with Gasteiger partial charge in [0, 0.05) is 30.7 Å². The molecule has 3 rings (SSSR count). The predicted octanol–water partition coefficient (Wildman–Crippen LogP) is 4.26. The summed E-state index contributed by atoms with van der Waals surface area (Å²) in [5, 5.41) is 4.84. The molecule has 3 aromatic rings. The summed E-state index contributed by atoms with van der Waals surface area (Å²) in [5.41, 5.74) is 0.698. The van der Waals surface area contributed by atoms with Crippen molar-refractivity contribution in [3.8, 4) is 10.6 Å². The molecule has 0 aliphatic rings. The molecule has 0 atom stereocenters. The first-order valence-electron chi connectivity index (χ1n) is 8.91. The maximum absolute atomic E-state index is 12.7. The van der Waals surface area contributed by atoms with Crippen LogP contribution in [0.2, 0.25) is 0 Å². The molecule has 2 aromatic carbocycles. The number of aromatic nitrogens is 1. The number of nitrogens with one attached hydrogen (secondary N) is 1. The smallest absolute Gasteiger partial charge is 0.326 e. The van der Waals surface area contributed by atoms with Crippen molar-refractivity contribution in [2.45, 2.75) is 17.5 Å². The van der Waals surface area contributed by atoms with Crippen LogP contribution in [0, 0.1) is 0 Å². The molecule has 164 valence electrons. The Morgan fingerprint density at radius 1 is 1.06 bits per heavy atom. The molecule has 11 heteroatoms. The van der Waals surface area contributed by atoms with Crippen LogP contribution in [0.1, 0.15) is 11.3 Å². The molecule has 0 unspecified atom stereocenters. The van der Waals surface area contributed by atoms with Gasteiger partial charge in [0.25, 0.3) is 0 Å². The van der Waals surface area contributed by atoms with Crippen LogP contribution in [0.25, 0.3) is 10.6 Å². The molecular formula is C20H18F3N3O3S2. The second-order valence-corrected chi connectivity index (χ2v) is 9.77. The second kappa shape index (κ2) is 8.77. The fourth-order valence-electron chi connectivity index (χ4n) is 2.61. The zero-order chi connectivity index (χ0) is 22.8. The zero-order valence-electron chi connectivity index (χ0n) is 16.5. The number of thiazole rings is 1. The van der Waals surface area contributed by atoms with Crippen molar-refractivity contribution in [2.24, 2.45) is 0 Å². The number of amides is 1. The summed E-state index contributed by atoms with van der Waals surface area (Å²) in [6.07, 6.45) is -4.44. The number of alkyl halides is 3. The maximum atomic E-state index is 12.7. The van der Waals surface area contributed by atoms with Gasteiger partial charge in [0.1, 0.15) is 5.01 Å². The molecule has 0 fully saturated rings. The number of halogens is 3. The summed E-state index contributed by atoms with van der Waals surface area (Å²) in [7, 11) is -0.699. The standard InChI is InChI=1S/C20H18F3N3O3S2/c1-26(2)31(28,29)17-9-7-15(8-10-17)24-18(27)11-16-12-30-19(25-16)13-3-5-14(6-4-13)20(21,22)23/h3-10,12H,11H2,1-2H3,(H,24,27). The minimum atomic E-state index is -4.40. The van der Waals surface area contributed by atoms with E-state index in [4.69, 9.17) is 0 Å². The first-order valence-corrected chi connectivity index (χ1v) is 11.2. The van der Waals surface area contributed by atoms with E-state index >= 15 is 0 Å². The molecule has 0 radical (unpaired) electrons. The lowest BCUT2D eigenvalue weighted by Gasteiger charge is -2.11. The molecule has 0 spiro atoms. The SMILES string of the molecule is CN(C)S(=O)(=O)c1ccc(NC(=O)Cc2csc(-c3ccc(C(F)(F)F)cc3)n2)cc1. The summed E-state index contributed by atoms with van der Waals surface area (Å²) in [6.45, 7) is 0. The Morgan fingerprint density at radius 3 is 2.23 bits per heavy atom. The molecule has 1 amide bonds. The van der Waals surface area contributed by atoms with E-state index in [0.717, 1.165) is 16.4 Å². The first kappa shape index (κ1) is 22.9. The molecule has 0 aliphatic heterocycles. The highest BCUT2D eigenvalue weighted by Gasteiger charge is 2.30. The number of anilines is 1. The normalized spacial score (nSPS) is 12.2. The molecule has 31 heavy (non-hydrogen) atoms. The van der Waals surface area contributed by atoms with Gasteiger partial charge in [-0.25, -0.2) is 17.7 Å². The first-order chi connectivity index (χ1) is 14.5. The van der Waals surface area contributed by atoms with Crippen molar-refractivity contribution < 1.29 is 26.4 Å². The van der Waals surface area contributed by atoms with Crippen molar-refractivity contribution in [1.29, 1.82) is 0 Å².